The summed E-state index contributed by atoms with van der Waals surface area (Å²) >= 11 is 0. The van der Waals surface area contributed by atoms with Crippen molar-refractivity contribution < 1.29 is 13.9 Å². The van der Waals surface area contributed by atoms with Gasteiger partial charge in [-0.2, -0.15) is 0 Å². The van der Waals surface area contributed by atoms with Gasteiger partial charge in [0, 0.05) is 17.2 Å². The van der Waals surface area contributed by atoms with Gasteiger partial charge in [0.25, 0.3) is 0 Å². The lowest BCUT2D eigenvalue weighted by Gasteiger charge is -2.12. The molecule has 1 heterocycles. The van der Waals surface area contributed by atoms with Crippen LogP contribution in [0.25, 0.3) is 22.3 Å². The molecule has 150 valence electrons. The monoisotopic (exact) mass is 398 g/mol. The average molecular weight is 398 g/mol. The highest BCUT2D eigenvalue weighted by Crippen LogP contribution is 2.47. The number of hydrogen-bond donors (Lipinski definition) is 0. The topological polar surface area (TPSA) is 48.7 Å². The molecule has 4 aromatic rings. The molecular formula is C26H22O4. The third-order valence-corrected chi connectivity index (χ3v) is 5.49. The van der Waals surface area contributed by atoms with Crippen molar-refractivity contribution in [3.63, 3.8) is 0 Å². The molecule has 30 heavy (non-hydrogen) atoms. The van der Waals surface area contributed by atoms with Gasteiger partial charge in [0.1, 0.15) is 29.4 Å². The zero-order valence-electron chi connectivity index (χ0n) is 16.8. The van der Waals surface area contributed by atoms with Crippen molar-refractivity contribution in [3.8, 4) is 22.8 Å². The minimum Gasteiger partial charge on any atom is -0.496 e. The van der Waals surface area contributed by atoms with Gasteiger partial charge in [0.15, 0.2) is 5.43 Å². The Morgan fingerprint density at radius 2 is 1.73 bits per heavy atom. The number of benzene rings is 3. The molecule has 0 radical (unpaired) electrons. The molecule has 3 aromatic carbocycles. The second kappa shape index (κ2) is 7.71. The molecule has 1 saturated carbocycles. The number of methoxy groups -OCH3 is 1. The second-order valence-electron chi connectivity index (χ2n) is 7.61. The summed E-state index contributed by atoms with van der Waals surface area (Å²) in [6.45, 7) is 0.510. The third-order valence-electron chi connectivity index (χ3n) is 5.49. The lowest BCUT2D eigenvalue weighted by atomic mass is 10.0. The summed E-state index contributed by atoms with van der Waals surface area (Å²) in [5.41, 5.74) is 3.56. The van der Waals surface area contributed by atoms with Crippen molar-refractivity contribution in [1.82, 2.24) is 0 Å². The molecule has 0 atom stereocenters. The van der Waals surface area contributed by atoms with E-state index < -0.39 is 0 Å². The Bertz CT molecular complexity index is 1240. The van der Waals surface area contributed by atoms with Gasteiger partial charge in [-0.1, -0.05) is 30.3 Å². The number of fused-ring (bicyclic) bond motifs is 1. The Balaban J connectivity index is 1.47. The van der Waals surface area contributed by atoms with Crippen molar-refractivity contribution in [2.75, 3.05) is 7.11 Å². The molecule has 1 aliphatic carbocycles. The Labute approximate surface area is 174 Å². The third kappa shape index (κ3) is 3.57. The van der Waals surface area contributed by atoms with E-state index in [-0.39, 0.29) is 5.43 Å². The van der Waals surface area contributed by atoms with Crippen LogP contribution in [0.4, 0.5) is 0 Å². The Morgan fingerprint density at radius 1 is 0.967 bits per heavy atom. The number of ether oxygens (including phenoxy) is 2. The van der Waals surface area contributed by atoms with Crippen LogP contribution >= 0.6 is 0 Å². The highest BCUT2D eigenvalue weighted by Gasteiger charge is 2.30. The van der Waals surface area contributed by atoms with Gasteiger partial charge in [0.2, 0.25) is 0 Å². The molecule has 4 nitrogen and oxygen atoms in total. The first-order valence-electron chi connectivity index (χ1n) is 10.1. The van der Waals surface area contributed by atoms with Crippen molar-refractivity contribution in [2.24, 2.45) is 0 Å². The minimum atomic E-state index is -0.0415. The largest absolute Gasteiger partial charge is 0.496 e. The summed E-state index contributed by atoms with van der Waals surface area (Å²) in [4.78, 5) is 12.8. The van der Waals surface area contributed by atoms with Crippen molar-refractivity contribution in [3.05, 3.63) is 94.1 Å². The molecule has 0 N–H and O–H groups in total. The zero-order chi connectivity index (χ0) is 20.5. The van der Waals surface area contributed by atoms with E-state index in [0.29, 0.717) is 29.3 Å². The van der Waals surface area contributed by atoms with E-state index in [0.717, 1.165) is 41.0 Å². The highest BCUT2D eigenvalue weighted by molar-refractivity contribution is 5.84. The predicted molar refractivity (Wildman–Crippen MR) is 117 cm³/mol. The Morgan fingerprint density at radius 3 is 2.43 bits per heavy atom. The standard InChI is InChI=1S/C26H22O4/c1-28-23-14-13-21-22(27)15-24(30-26(21)25(23)19-7-8-19)18-9-11-20(12-10-18)29-16-17-5-3-2-4-6-17/h2-6,9-15,19H,7-8,16H2,1H3. The fraction of sp³-hybridized carbons (Fsp3) is 0.192. The molecule has 1 fully saturated rings. The van der Waals surface area contributed by atoms with Gasteiger partial charge in [-0.3, -0.25) is 4.79 Å². The summed E-state index contributed by atoms with van der Waals surface area (Å²) < 4.78 is 17.6. The maximum absolute atomic E-state index is 12.8. The molecule has 0 unspecified atom stereocenters. The van der Waals surface area contributed by atoms with Crippen LogP contribution in [0.3, 0.4) is 0 Å². The maximum atomic E-state index is 12.8. The van der Waals surface area contributed by atoms with E-state index in [2.05, 4.69) is 0 Å². The molecule has 0 amide bonds. The van der Waals surface area contributed by atoms with Crippen LogP contribution in [0.15, 0.2) is 82.0 Å². The van der Waals surface area contributed by atoms with Crippen LogP contribution in [0.2, 0.25) is 0 Å². The predicted octanol–water partition coefficient (Wildman–Crippen LogP) is 5.93. The lowest BCUT2D eigenvalue weighted by molar-refractivity contribution is 0.306. The van der Waals surface area contributed by atoms with E-state index in [1.807, 2.05) is 60.7 Å². The summed E-state index contributed by atoms with van der Waals surface area (Å²) in [5.74, 6) is 2.51. The van der Waals surface area contributed by atoms with Crippen LogP contribution in [-0.4, -0.2) is 7.11 Å². The summed E-state index contributed by atoms with van der Waals surface area (Å²) in [6.07, 6.45) is 2.19. The van der Waals surface area contributed by atoms with Gasteiger partial charge in [0.05, 0.1) is 12.5 Å². The molecule has 1 aromatic heterocycles. The van der Waals surface area contributed by atoms with Gasteiger partial charge >= 0.3 is 0 Å². The average Bonchev–Trinajstić information content (AvgIpc) is 3.63. The molecule has 0 bridgehead atoms. The SMILES string of the molecule is COc1ccc2c(=O)cc(-c3ccc(OCc4ccccc4)cc3)oc2c1C1CC1. The van der Waals surface area contributed by atoms with Crippen LogP contribution < -0.4 is 14.9 Å². The van der Waals surface area contributed by atoms with Gasteiger partial charge < -0.3 is 13.9 Å². The smallest absolute Gasteiger partial charge is 0.193 e. The first kappa shape index (κ1) is 18.5. The first-order valence-corrected chi connectivity index (χ1v) is 10.1. The summed E-state index contributed by atoms with van der Waals surface area (Å²) in [7, 11) is 1.66. The Hall–Kier alpha value is -3.53. The minimum absolute atomic E-state index is 0.0415. The van der Waals surface area contributed by atoms with E-state index in [9.17, 15) is 4.79 Å². The van der Waals surface area contributed by atoms with Crippen LogP contribution in [0.5, 0.6) is 11.5 Å². The van der Waals surface area contributed by atoms with Crippen molar-refractivity contribution in [2.45, 2.75) is 25.4 Å². The highest BCUT2D eigenvalue weighted by atomic mass is 16.5. The van der Waals surface area contributed by atoms with Crippen LogP contribution in [-0.2, 0) is 6.61 Å². The van der Waals surface area contributed by atoms with Crippen LogP contribution in [0, 0.1) is 0 Å². The van der Waals surface area contributed by atoms with E-state index >= 15 is 0 Å². The Kier molecular flexibility index (Phi) is 4.75. The fourth-order valence-electron chi connectivity index (χ4n) is 3.76. The normalized spacial score (nSPS) is 13.4. The molecular weight excluding hydrogens is 376 g/mol. The first-order chi connectivity index (χ1) is 14.7. The quantitative estimate of drug-likeness (QED) is 0.404. The van der Waals surface area contributed by atoms with Crippen molar-refractivity contribution >= 4 is 11.0 Å². The fourth-order valence-corrected chi connectivity index (χ4v) is 3.76. The van der Waals surface area contributed by atoms with Gasteiger partial charge in [-0.15, -0.1) is 0 Å². The summed E-state index contributed by atoms with van der Waals surface area (Å²) in [6, 6.07) is 22.9. The molecule has 4 heteroatoms. The van der Waals surface area contributed by atoms with E-state index in [4.69, 9.17) is 13.9 Å². The summed E-state index contributed by atoms with van der Waals surface area (Å²) in [5, 5.41) is 0.601. The van der Waals surface area contributed by atoms with E-state index in [1.165, 1.54) is 0 Å². The number of rotatable bonds is 6. The van der Waals surface area contributed by atoms with E-state index in [1.54, 1.807) is 19.2 Å². The zero-order valence-corrected chi connectivity index (χ0v) is 16.8. The molecule has 0 spiro atoms. The molecule has 1 aliphatic rings. The van der Waals surface area contributed by atoms with Gasteiger partial charge in [-0.25, -0.2) is 0 Å². The van der Waals surface area contributed by atoms with Gasteiger partial charge in [-0.05, 0) is 60.7 Å². The molecule has 0 saturated heterocycles. The van der Waals surface area contributed by atoms with Crippen molar-refractivity contribution in [1.29, 1.82) is 0 Å². The number of hydrogen-bond acceptors (Lipinski definition) is 4. The van der Waals surface area contributed by atoms with Crippen LogP contribution in [0.1, 0.15) is 29.9 Å². The molecule has 5 rings (SSSR count). The second-order valence-corrected chi connectivity index (χ2v) is 7.61. The maximum Gasteiger partial charge on any atom is 0.193 e. The lowest BCUT2D eigenvalue weighted by Crippen LogP contribution is -2.03. The molecule has 0 aliphatic heterocycles.